The van der Waals surface area contributed by atoms with Crippen molar-refractivity contribution in [2.45, 2.75) is 13.3 Å². The molecule has 3 rings (SSSR count). The van der Waals surface area contributed by atoms with E-state index in [2.05, 4.69) is 4.99 Å². The average Bonchev–Trinajstić information content (AvgIpc) is 2.91. The van der Waals surface area contributed by atoms with Crippen LogP contribution in [-0.4, -0.2) is 33.1 Å². The molecule has 0 spiro atoms. The zero-order valence-electron chi connectivity index (χ0n) is 14.7. The first-order valence-electron chi connectivity index (χ1n) is 8.22. The first kappa shape index (κ1) is 18.7. The van der Waals surface area contributed by atoms with Gasteiger partial charge in [0, 0.05) is 13.1 Å². The molecule has 0 atom stereocenters. The van der Waals surface area contributed by atoms with Crippen LogP contribution in [0.25, 0.3) is 6.08 Å². The van der Waals surface area contributed by atoms with Gasteiger partial charge in [0.1, 0.15) is 0 Å². The van der Waals surface area contributed by atoms with Gasteiger partial charge >= 0.3 is 5.69 Å². The zero-order chi connectivity index (χ0) is 19.6. The number of para-hydroxylation sites is 1. The van der Waals surface area contributed by atoms with Crippen molar-refractivity contribution < 1.29 is 14.8 Å². The molecule has 1 N–H and O–H groups in total. The summed E-state index contributed by atoms with van der Waals surface area (Å²) in [7, 11) is 1.64. The van der Waals surface area contributed by atoms with E-state index in [1.165, 1.54) is 34.9 Å². The highest BCUT2D eigenvalue weighted by Gasteiger charge is 2.30. The molecule has 0 aliphatic carbocycles. The van der Waals surface area contributed by atoms with Gasteiger partial charge in [0.2, 0.25) is 0 Å². The Hall–Kier alpha value is -3.13. The summed E-state index contributed by atoms with van der Waals surface area (Å²) in [5.74, 6) is -0.647. The Labute approximate surface area is 160 Å². The molecule has 8 heteroatoms. The van der Waals surface area contributed by atoms with Crippen LogP contribution < -0.4 is 0 Å². The van der Waals surface area contributed by atoms with Gasteiger partial charge in [-0.3, -0.25) is 19.8 Å². The maximum Gasteiger partial charge on any atom is 0.311 e. The fourth-order valence-electron chi connectivity index (χ4n) is 2.60. The predicted octanol–water partition coefficient (Wildman–Crippen LogP) is 4.10. The minimum absolute atomic E-state index is 0.233. The molecule has 1 aliphatic heterocycles. The number of phenolic OH excluding ortho intramolecular Hbond substituents is 1. The quantitative estimate of drug-likeness (QED) is 0.487. The summed E-state index contributed by atoms with van der Waals surface area (Å²) in [5.41, 5.74) is 1.94. The van der Waals surface area contributed by atoms with E-state index < -0.39 is 16.4 Å². The first-order valence-corrected chi connectivity index (χ1v) is 9.04. The van der Waals surface area contributed by atoms with Crippen LogP contribution in [0.1, 0.15) is 18.1 Å². The molecule has 0 radical (unpaired) electrons. The Morgan fingerprint density at radius 1 is 1.30 bits per heavy atom. The lowest BCUT2D eigenvalue weighted by Crippen LogP contribution is -2.23. The van der Waals surface area contributed by atoms with Crippen molar-refractivity contribution in [3.05, 3.63) is 68.6 Å². The molecule has 1 fully saturated rings. The molecular weight excluding hydrogens is 366 g/mol. The number of nitro groups is 1. The van der Waals surface area contributed by atoms with E-state index in [0.717, 1.165) is 17.7 Å². The highest BCUT2D eigenvalue weighted by Crippen LogP contribution is 2.35. The molecule has 1 amide bonds. The Balaban J connectivity index is 1.94. The third-order valence-electron chi connectivity index (χ3n) is 4.09. The molecule has 0 unspecified atom stereocenters. The van der Waals surface area contributed by atoms with Crippen molar-refractivity contribution in [2.24, 2.45) is 4.99 Å². The number of aryl methyl sites for hydroxylation is 1. The summed E-state index contributed by atoms with van der Waals surface area (Å²) in [5, 5.41) is 21.1. The number of nitrogens with zero attached hydrogens (tertiary/aromatic N) is 3. The van der Waals surface area contributed by atoms with Crippen molar-refractivity contribution in [1.29, 1.82) is 0 Å². The van der Waals surface area contributed by atoms with Crippen LogP contribution in [0, 0.1) is 10.1 Å². The smallest absolute Gasteiger partial charge is 0.311 e. The molecule has 138 valence electrons. The second-order valence-corrected chi connectivity index (χ2v) is 6.87. The maximum absolute atomic E-state index is 12.5. The summed E-state index contributed by atoms with van der Waals surface area (Å²) in [4.78, 5) is 29.3. The maximum atomic E-state index is 12.5. The van der Waals surface area contributed by atoms with E-state index in [1.807, 2.05) is 31.2 Å². The number of benzene rings is 2. The Bertz CT molecular complexity index is 985. The lowest BCUT2D eigenvalue weighted by atomic mass is 10.1. The number of hydrogen-bond donors (Lipinski definition) is 1. The molecule has 0 bridgehead atoms. The molecule has 7 nitrogen and oxygen atoms in total. The summed E-state index contributed by atoms with van der Waals surface area (Å²) in [6.45, 7) is 2.04. The molecular formula is C19H17N3O4S. The van der Waals surface area contributed by atoms with Gasteiger partial charge in [0.05, 0.1) is 15.5 Å². The largest absolute Gasteiger partial charge is 0.502 e. The fourth-order valence-corrected chi connectivity index (χ4v) is 3.58. The monoisotopic (exact) mass is 383 g/mol. The Morgan fingerprint density at radius 2 is 2.04 bits per heavy atom. The van der Waals surface area contributed by atoms with E-state index in [9.17, 15) is 20.0 Å². The average molecular weight is 383 g/mol. The van der Waals surface area contributed by atoms with E-state index >= 15 is 0 Å². The second-order valence-electron chi connectivity index (χ2n) is 5.86. The van der Waals surface area contributed by atoms with Crippen LogP contribution in [-0.2, 0) is 11.2 Å². The third-order valence-corrected chi connectivity index (χ3v) is 5.15. The number of aromatic hydroxyl groups is 1. The second kappa shape index (κ2) is 7.63. The molecule has 1 aliphatic rings. The van der Waals surface area contributed by atoms with Crippen molar-refractivity contribution in [2.75, 3.05) is 7.05 Å². The third kappa shape index (κ3) is 3.85. The minimum atomic E-state index is -0.665. The van der Waals surface area contributed by atoms with Gasteiger partial charge in [-0.1, -0.05) is 31.2 Å². The number of carbonyl (C=O) groups excluding carboxylic acids is 1. The number of nitro benzene ring substituents is 1. The van der Waals surface area contributed by atoms with Crippen molar-refractivity contribution in [3.63, 3.8) is 0 Å². The highest BCUT2D eigenvalue weighted by atomic mass is 32.2. The van der Waals surface area contributed by atoms with Gasteiger partial charge in [-0.2, -0.15) is 0 Å². The van der Waals surface area contributed by atoms with Crippen LogP contribution in [0.15, 0.2) is 52.4 Å². The summed E-state index contributed by atoms with van der Waals surface area (Å²) >= 11 is 1.21. The van der Waals surface area contributed by atoms with Gasteiger partial charge in [0.15, 0.2) is 10.9 Å². The normalized spacial score (nSPS) is 17.1. The standard InChI is InChI=1S/C19H17N3O4S/c1-3-13-6-4-5-7-14(13)20-19-21(2)18(24)17(27-19)11-12-8-9-16(23)15(10-12)22(25)26/h4-11,23H,3H2,1-2H3/b17-11+,20-19?. The number of carbonyl (C=O) groups is 1. The molecule has 1 saturated heterocycles. The van der Waals surface area contributed by atoms with Crippen LogP contribution in [0.5, 0.6) is 5.75 Å². The molecule has 2 aromatic rings. The lowest BCUT2D eigenvalue weighted by molar-refractivity contribution is -0.385. The summed E-state index contributed by atoms with van der Waals surface area (Å²) in [6.07, 6.45) is 2.39. The van der Waals surface area contributed by atoms with Gasteiger partial charge < -0.3 is 5.11 Å². The van der Waals surface area contributed by atoms with Crippen LogP contribution >= 0.6 is 11.8 Å². The van der Waals surface area contributed by atoms with E-state index in [0.29, 0.717) is 15.6 Å². The van der Waals surface area contributed by atoms with Crippen LogP contribution in [0.3, 0.4) is 0 Å². The number of thioether (sulfide) groups is 1. The number of rotatable bonds is 4. The number of amidine groups is 1. The van der Waals surface area contributed by atoms with Crippen molar-refractivity contribution >= 4 is 40.3 Å². The highest BCUT2D eigenvalue weighted by molar-refractivity contribution is 8.18. The fraction of sp³-hybridized carbons (Fsp3) is 0.158. The lowest BCUT2D eigenvalue weighted by Gasteiger charge is -2.08. The van der Waals surface area contributed by atoms with E-state index in [1.54, 1.807) is 13.1 Å². The van der Waals surface area contributed by atoms with E-state index in [-0.39, 0.29) is 5.91 Å². The number of likely N-dealkylation sites (N-methyl/N-ethyl adjacent to an activating group) is 1. The topological polar surface area (TPSA) is 96.0 Å². The van der Waals surface area contributed by atoms with Crippen LogP contribution in [0.4, 0.5) is 11.4 Å². The SMILES string of the molecule is CCc1ccccc1N=C1S/C(=C/c2ccc(O)c([N+](=O)[O-])c2)C(=O)N1C. The number of phenols is 1. The summed E-state index contributed by atoms with van der Waals surface area (Å²) in [6, 6.07) is 11.7. The number of amides is 1. The minimum Gasteiger partial charge on any atom is -0.502 e. The zero-order valence-corrected chi connectivity index (χ0v) is 15.6. The molecule has 0 aromatic heterocycles. The van der Waals surface area contributed by atoms with Gasteiger partial charge in [0.25, 0.3) is 5.91 Å². The molecule has 1 heterocycles. The van der Waals surface area contributed by atoms with Gasteiger partial charge in [-0.15, -0.1) is 0 Å². The van der Waals surface area contributed by atoms with Gasteiger partial charge in [-0.25, -0.2) is 4.99 Å². The molecule has 0 saturated carbocycles. The number of aliphatic imine (C=N–C) groups is 1. The van der Waals surface area contributed by atoms with E-state index in [4.69, 9.17) is 0 Å². The van der Waals surface area contributed by atoms with Crippen LogP contribution in [0.2, 0.25) is 0 Å². The van der Waals surface area contributed by atoms with Crippen molar-refractivity contribution in [1.82, 2.24) is 4.90 Å². The molecule has 2 aromatic carbocycles. The van der Waals surface area contributed by atoms with Crippen molar-refractivity contribution in [3.8, 4) is 5.75 Å². The molecule has 27 heavy (non-hydrogen) atoms. The Kier molecular flexibility index (Phi) is 5.27. The number of hydrogen-bond acceptors (Lipinski definition) is 6. The first-order chi connectivity index (χ1) is 12.9. The Morgan fingerprint density at radius 3 is 2.74 bits per heavy atom. The van der Waals surface area contributed by atoms with Gasteiger partial charge in [-0.05, 0) is 47.5 Å². The predicted molar refractivity (Wildman–Crippen MR) is 106 cm³/mol. The summed E-state index contributed by atoms with van der Waals surface area (Å²) < 4.78 is 0.